The monoisotopic (exact) mass is 916 g/mol. The molecule has 8 rings (SSSR count). The molecule has 0 aliphatic rings. The van der Waals surface area contributed by atoms with Crippen molar-refractivity contribution in [1.82, 2.24) is 19.9 Å². The lowest BCUT2D eigenvalue weighted by molar-refractivity contribution is 0.143. The van der Waals surface area contributed by atoms with Crippen molar-refractivity contribution in [2.75, 3.05) is 54.2 Å². The van der Waals surface area contributed by atoms with E-state index in [4.69, 9.17) is 28.8 Å². The smallest absolute Gasteiger partial charge is 0.345 e. The van der Waals surface area contributed by atoms with Gasteiger partial charge in [0.25, 0.3) is 0 Å². The molecule has 2 heterocycles. The van der Waals surface area contributed by atoms with Gasteiger partial charge in [-0.2, -0.15) is 10.0 Å². The third kappa shape index (κ3) is 11.4. The number of aliphatic hydroxyl groups is 1. The van der Waals surface area contributed by atoms with Crippen LogP contribution in [0, 0.1) is 23.3 Å². The molecule has 0 atom stereocenters. The standard InChI is InChI=1S/C47H36F4N8O8/c1-63-14-15-65-45-27-53-41-11-9-37(25-43(41)57-45)67-39-21-31(51)19-35(23-39)59(47(62)55-33-7-3-5-29(49)17-33)58(46(61)54-32-6-2-4-28(48)16-32)34-18-30(50)20-38(22-34)66-36-8-10-40-42(24-36)56-44(26-52-40)64-13-12-60/h2-11,16-27,60H,12-15H2,1H3,(H,54,61)(H,55,62). The van der Waals surface area contributed by atoms with E-state index in [0.29, 0.717) is 38.7 Å². The Morgan fingerprint density at radius 2 is 1.01 bits per heavy atom. The second kappa shape index (κ2) is 20.5. The number of anilines is 4. The Kier molecular flexibility index (Phi) is 13.7. The normalized spacial score (nSPS) is 11.0. The highest BCUT2D eigenvalue weighted by atomic mass is 19.1. The molecule has 0 spiro atoms. The van der Waals surface area contributed by atoms with E-state index in [0.717, 1.165) is 48.5 Å². The second-order valence-corrected chi connectivity index (χ2v) is 14.1. The zero-order chi connectivity index (χ0) is 46.9. The number of amides is 4. The number of aliphatic hydroxyl groups excluding tert-OH is 1. The van der Waals surface area contributed by atoms with Gasteiger partial charge in [0.1, 0.15) is 59.5 Å². The number of rotatable bonds is 15. The van der Waals surface area contributed by atoms with E-state index in [1.807, 2.05) is 0 Å². The first-order valence-corrected chi connectivity index (χ1v) is 20.1. The molecule has 0 radical (unpaired) electrons. The molecule has 0 saturated carbocycles. The number of hydrogen-bond donors (Lipinski definition) is 3. The Labute approximate surface area is 377 Å². The van der Waals surface area contributed by atoms with E-state index in [2.05, 4.69) is 30.6 Å². The van der Waals surface area contributed by atoms with Crippen LogP contribution >= 0.6 is 0 Å². The molecule has 0 aliphatic heterocycles. The summed E-state index contributed by atoms with van der Waals surface area (Å²) in [5.74, 6) is -3.11. The van der Waals surface area contributed by atoms with Gasteiger partial charge in [-0.3, -0.25) is 0 Å². The van der Waals surface area contributed by atoms with Gasteiger partial charge < -0.3 is 39.4 Å². The van der Waals surface area contributed by atoms with Crippen LogP contribution in [0.2, 0.25) is 0 Å². The van der Waals surface area contributed by atoms with Crippen molar-refractivity contribution in [1.29, 1.82) is 0 Å². The maximum atomic E-state index is 15.9. The summed E-state index contributed by atoms with van der Waals surface area (Å²) in [6.45, 7) is 0.246. The number of hydrogen-bond acceptors (Lipinski definition) is 12. The van der Waals surface area contributed by atoms with Crippen molar-refractivity contribution in [3.05, 3.63) is 157 Å². The first-order valence-electron chi connectivity index (χ1n) is 20.1. The van der Waals surface area contributed by atoms with E-state index in [1.54, 1.807) is 18.2 Å². The maximum absolute atomic E-state index is 15.9. The quantitative estimate of drug-likeness (QED) is 0.0504. The van der Waals surface area contributed by atoms with Crippen LogP contribution in [0.1, 0.15) is 0 Å². The first kappa shape index (κ1) is 45.0. The first-order chi connectivity index (χ1) is 32.5. The number of aromatic nitrogens is 4. The second-order valence-electron chi connectivity index (χ2n) is 14.1. The number of urea groups is 2. The van der Waals surface area contributed by atoms with E-state index >= 15 is 8.78 Å². The molecule has 6 aromatic carbocycles. The van der Waals surface area contributed by atoms with Gasteiger partial charge in [0, 0.05) is 54.9 Å². The molecule has 4 amide bonds. The summed E-state index contributed by atoms with van der Waals surface area (Å²) >= 11 is 0. The number of halogens is 4. The van der Waals surface area contributed by atoms with Crippen molar-refractivity contribution in [2.24, 2.45) is 0 Å². The van der Waals surface area contributed by atoms with E-state index in [9.17, 15) is 18.4 Å². The molecule has 0 saturated heterocycles. The number of nitrogens with one attached hydrogen (secondary N) is 2. The average Bonchev–Trinajstić information content (AvgIpc) is 3.29. The van der Waals surface area contributed by atoms with Crippen LogP contribution < -0.4 is 39.6 Å². The maximum Gasteiger partial charge on any atom is 0.345 e. The largest absolute Gasteiger partial charge is 0.474 e. The number of ether oxygens (including phenoxy) is 5. The summed E-state index contributed by atoms with van der Waals surface area (Å²) in [7, 11) is 1.53. The summed E-state index contributed by atoms with van der Waals surface area (Å²) in [5.41, 5.74) is 0.711. The predicted molar refractivity (Wildman–Crippen MR) is 238 cm³/mol. The van der Waals surface area contributed by atoms with Crippen LogP contribution in [-0.2, 0) is 4.74 Å². The lowest BCUT2D eigenvalue weighted by Crippen LogP contribution is -2.54. The molecule has 0 unspecified atom stereocenters. The number of benzene rings is 6. The van der Waals surface area contributed by atoms with Crippen LogP contribution in [-0.4, -0.2) is 70.6 Å². The van der Waals surface area contributed by atoms with Gasteiger partial charge in [0.15, 0.2) is 0 Å². The molecular weight excluding hydrogens is 881 g/mol. The molecule has 8 aromatic rings. The lowest BCUT2D eigenvalue weighted by Gasteiger charge is -2.35. The van der Waals surface area contributed by atoms with E-state index in [1.165, 1.54) is 74.1 Å². The van der Waals surface area contributed by atoms with Crippen LogP contribution in [0.5, 0.6) is 34.8 Å². The van der Waals surface area contributed by atoms with Crippen molar-refractivity contribution in [3.63, 3.8) is 0 Å². The number of methoxy groups -OCH3 is 1. The Morgan fingerprint density at radius 3 is 1.46 bits per heavy atom. The fourth-order valence-electron chi connectivity index (χ4n) is 6.46. The molecule has 0 aliphatic carbocycles. The zero-order valence-corrected chi connectivity index (χ0v) is 35.0. The van der Waals surface area contributed by atoms with Crippen LogP contribution in [0.25, 0.3) is 22.1 Å². The fourth-order valence-corrected chi connectivity index (χ4v) is 6.46. The summed E-state index contributed by atoms with van der Waals surface area (Å²) in [5, 5.41) is 15.4. The minimum absolute atomic E-state index is 0.0275. The third-order valence-corrected chi connectivity index (χ3v) is 9.27. The van der Waals surface area contributed by atoms with Gasteiger partial charge >= 0.3 is 12.1 Å². The Bertz CT molecular complexity index is 3100. The number of fused-ring (bicyclic) bond motifs is 2. The van der Waals surface area contributed by atoms with Crippen molar-refractivity contribution in [3.8, 4) is 34.8 Å². The Hall–Kier alpha value is -8.62. The molecule has 3 N–H and O–H groups in total. The molecule has 67 heavy (non-hydrogen) atoms. The molecule has 0 fully saturated rings. The van der Waals surface area contributed by atoms with Crippen LogP contribution in [0.4, 0.5) is 49.9 Å². The fraction of sp³-hybridized carbons (Fsp3) is 0.106. The Morgan fingerprint density at radius 1 is 0.537 bits per heavy atom. The minimum atomic E-state index is -1.18. The highest BCUT2D eigenvalue weighted by Crippen LogP contribution is 2.35. The molecule has 20 heteroatoms. The SMILES string of the molecule is COCCOc1cnc2ccc(Oc3cc(F)cc(N(C(=O)Nc4cccc(F)c4)N(C(=O)Nc4cccc(F)c4)c4cc(F)cc(Oc5ccc6ncc(OCCO)nc6c5)c4)c3)cc2n1. The number of hydrazine groups is 1. The molecule has 2 aromatic heterocycles. The van der Waals surface area contributed by atoms with Gasteiger partial charge in [-0.05, 0) is 72.8 Å². The van der Waals surface area contributed by atoms with Crippen LogP contribution in [0.3, 0.4) is 0 Å². The topological polar surface area (TPSA) is 183 Å². The number of carbonyl (C=O) groups excluding carboxylic acids is 2. The average molecular weight is 917 g/mol. The van der Waals surface area contributed by atoms with Gasteiger partial charge in [0.05, 0.1) is 59.0 Å². The van der Waals surface area contributed by atoms with Crippen molar-refractivity contribution in [2.45, 2.75) is 0 Å². The van der Waals surface area contributed by atoms with Crippen molar-refractivity contribution >= 4 is 56.9 Å². The Balaban J connectivity index is 1.21. The zero-order valence-electron chi connectivity index (χ0n) is 35.0. The third-order valence-electron chi connectivity index (χ3n) is 9.27. The highest BCUT2D eigenvalue weighted by Gasteiger charge is 2.32. The predicted octanol–water partition coefficient (Wildman–Crippen LogP) is 9.80. The van der Waals surface area contributed by atoms with Gasteiger partial charge in [-0.1, -0.05) is 12.1 Å². The van der Waals surface area contributed by atoms with E-state index < -0.39 is 35.3 Å². The summed E-state index contributed by atoms with van der Waals surface area (Å²) in [6, 6.07) is 22.7. The van der Waals surface area contributed by atoms with Crippen LogP contribution in [0.15, 0.2) is 134 Å². The van der Waals surface area contributed by atoms with Gasteiger partial charge in [0.2, 0.25) is 11.8 Å². The highest BCUT2D eigenvalue weighted by molar-refractivity contribution is 6.13. The summed E-state index contributed by atoms with van der Waals surface area (Å²) in [4.78, 5) is 46.7. The molecule has 340 valence electrons. The number of carbonyl (C=O) groups is 2. The number of nitrogens with zero attached hydrogens (tertiary/aromatic N) is 6. The minimum Gasteiger partial charge on any atom is -0.474 e. The molecule has 0 bridgehead atoms. The summed E-state index contributed by atoms with van der Waals surface area (Å²) in [6.07, 6.45) is 2.82. The molecular formula is C47H36F4N8O8. The van der Waals surface area contributed by atoms with Gasteiger partial charge in [-0.25, -0.2) is 47.1 Å². The van der Waals surface area contributed by atoms with E-state index in [-0.39, 0.29) is 77.3 Å². The molecule has 16 nitrogen and oxygen atoms in total. The van der Waals surface area contributed by atoms with Gasteiger partial charge in [-0.15, -0.1) is 0 Å². The van der Waals surface area contributed by atoms with Crippen molar-refractivity contribution < 1.29 is 55.9 Å². The summed E-state index contributed by atoms with van der Waals surface area (Å²) < 4.78 is 88.8. The lowest BCUT2D eigenvalue weighted by atomic mass is 10.2.